The van der Waals surface area contributed by atoms with E-state index in [0.717, 1.165) is 44.4 Å². The van der Waals surface area contributed by atoms with Crippen LogP contribution in [0, 0.1) is 13.8 Å². The number of aliphatic imine (C=N–C) groups is 1. The molecule has 1 aromatic carbocycles. The summed E-state index contributed by atoms with van der Waals surface area (Å²) in [6.07, 6.45) is 1.05. The molecule has 0 spiro atoms. The standard InChI is InChI=1S/C19H34N4O2/c1-16-8-6-9-17(2)18(16)25-15-11-22-19(20-3)21-10-13-23(4)12-7-14-24-5/h6,8-9H,7,10-15H2,1-5H3,(H2,20,21,22). The predicted octanol–water partition coefficient (Wildman–Crippen LogP) is 1.82. The van der Waals surface area contributed by atoms with Crippen LogP contribution in [0.2, 0.25) is 0 Å². The molecule has 0 unspecified atom stereocenters. The largest absolute Gasteiger partial charge is 0.491 e. The van der Waals surface area contributed by atoms with Crippen molar-refractivity contribution in [3.8, 4) is 5.75 Å². The molecule has 0 atom stereocenters. The first-order valence-electron chi connectivity index (χ1n) is 8.89. The summed E-state index contributed by atoms with van der Waals surface area (Å²) >= 11 is 0. The highest BCUT2D eigenvalue weighted by Gasteiger charge is 2.04. The molecule has 25 heavy (non-hydrogen) atoms. The Morgan fingerprint density at radius 2 is 1.76 bits per heavy atom. The van der Waals surface area contributed by atoms with Gasteiger partial charge in [0, 0.05) is 40.4 Å². The van der Waals surface area contributed by atoms with Crippen LogP contribution in [0.4, 0.5) is 0 Å². The van der Waals surface area contributed by atoms with E-state index in [9.17, 15) is 0 Å². The van der Waals surface area contributed by atoms with E-state index in [1.807, 2.05) is 6.07 Å². The fourth-order valence-electron chi connectivity index (χ4n) is 2.53. The van der Waals surface area contributed by atoms with Crippen molar-refractivity contribution in [1.82, 2.24) is 15.5 Å². The number of hydrogen-bond donors (Lipinski definition) is 2. The Kier molecular flexibility index (Phi) is 10.7. The lowest BCUT2D eigenvalue weighted by atomic mass is 10.1. The number of nitrogens with zero attached hydrogens (tertiary/aromatic N) is 2. The van der Waals surface area contributed by atoms with Crippen LogP contribution in [0.15, 0.2) is 23.2 Å². The molecule has 0 aliphatic carbocycles. The molecule has 0 saturated carbocycles. The molecule has 1 rings (SSSR count). The Morgan fingerprint density at radius 1 is 1.08 bits per heavy atom. The highest BCUT2D eigenvalue weighted by molar-refractivity contribution is 5.79. The van der Waals surface area contributed by atoms with Crippen LogP contribution in [0.1, 0.15) is 17.5 Å². The van der Waals surface area contributed by atoms with Gasteiger partial charge in [0.15, 0.2) is 5.96 Å². The molecule has 0 radical (unpaired) electrons. The molecule has 0 saturated heterocycles. The smallest absolute Gasteiger partial charge is 0.191 e. The molecule has 0 aromatic heterocycles. The molecule has 0 aliphatic heterocycles. The summed E-state index contributed by atoms with van der Waals surface area (Å²) < 4.78 is 11.0. The van der Waals surface area contributed by atoms with Crippen LogP contribution in [-0.2, 0) is 4.74 Å². The third kappa shape index (κ3) is 8.74. The molecular weight excluding hydrogens is 316 g/mol. The Hall–Kier alpha value is -1.79. The van der Waals surface area contributed by atoms with E-state index in [-0.39, 0.29) is 0 Å². The third-order valence-corrected chi connectivity index (χ3v) is 3.95. The minimum Gasteiger partial charge on any atom is -0.491 e. The summed E-state index contributed by atoms with van der Waals surface area (Å²) in [4.78, 5) is 6.52. The molecule has 6 nitrogen and oxygen atoms in total. The second-order valence-corrected chi connectivity index (χ2v) is 6.14. The van der Waals surface area contributed by atoms with Gasteiger partial charge in [-0.1, -0.05) is 18.2 Å². The first-order chi connectivity index (χ1) is 12.1. The van der Waals surface area contributed by atoms with Crippen LogP contribution < -0.4 is 15.4 Å². The number of guanidine groups is 1. The average molecular weight is 351 g/mol. The number of aryl methyl sites for hydroxylation is 2. The highest BCUT2D eigenvalue weighted by Crippen LogP contribution is 2.21. The Balaban J connectivity index is 2.20. The summed E-state index contributed by atoms with van der Waals surface area (Å²) in [7, 11) is 5.64. The van der Waals surface area contributed by atoms with E-state index in [0.29, 0.717) is 13.2 Å². The van der Waals surface area contributed by atoms with Crippen molar-refractivity contribution < 1.29 is 9.47 Å². The molecule has 142 valence electrons. The van der Waals surface area contributed by atoms with E-state index < -0.39 is 0 Å². The Bertz CT molecular complexity index is 500. The maximum atomic E-state index is 5.89. The second-order valence-electron chi connectivity index (χ2n) is 6.14. The molecular formula is C19H34N4O2. The molecule has 0 heterocycles. The average Bonchev–Trinajstić information content (AvgIpc) is 2.59. The molecule has 0 bridgehead atoms. The third-order valence-electron chi connectivity index (χ3n) is 3.95. The number of benzene rings is 1. The van der Waals surface area contributed by atoms with Crippen molar-refractivity contribution >= 4 is 5.96 Å². The van der Waals surface area contributed by atoms with Crippen LogP contribution >= 0.6 is 0 Å². The van der Waals surface area contributed by atoms with Gasteiger partial charge in [0.1, 0.15) is 12.4 Å². The van der Waals surface area contributed by atoms with E-state index in [4.69, 9.17) is 9.47 Å². The number of nitrogens with one attached hydrogen (secondary N) is 2. The summed E-state index contributed by atoms with van der Waals surface area (Å²) in [5.74, 6) is 1.78. The lowest BCUT2D eigenvalue weighted by Crippen LogP contribution is -2.42. The number of likely N-dealkylation sites (N-methyl/N-ethyl adjacent to an activating group) is 1. The van der Waals surface area contributed by atoms with Gasteiger partial charge in [-0.25, -0.2) is 0 Å². The number of hydrogen-bond acceptors (Lipinski definition) is 4. The fraction of sp³-hybridized carbons (Fsp3) is 0.632. The molecule has 0 fully saturated rings. The van der Waals surface area contributed by atoms with Crippen molar-refractivity contribution in [2.24, 2.45) is 4.99 Å². The zero-order valence-corrected chi connectivity index (χ0v) is 16.4. The second kappa shape index (κ2) is 12.6. The van der Waals surface area contributed by atoms with E-state index >= 15 is 0 Å². The first-order valence-corrected chi connectivity index (χ1v) is 8.89. The lowest BCUT2D eigenvalue weighted by Gasteiger charge is -2.18. The highest BCUT2D eigenvalue weighted by atomic mass is 16.5. The number of methoxy groups -OCH3 is 1. The maximum Gasteiger partial charge on any atom is 0.191 e. The van der Waals surface area contributed by atoms with Crippen molar-refractivity contribution in [2.75, 3.05) is 60.6 Å². The van der Waals surface area contributed by atoms with E-state index in [1.54, 1.807) is 14.2 Å². The van der Waals surface area contributed by atoms with Crippen molar-refractivity contribution in [1.29, 1.82) is 0 Å². The number of rotatable bonds is 11. The summed E-state index contributed by atoms with van der Waals surface area (Å²) in [5.41, 5.74) is 2.33. The number of para-hydroxylation sites is 1. The van der Waals surface area contributed by atoms with Gasteiger partial charge in [-0.2, -0.15) is 0 Å². The predicted molar refractivity (Wildman–Crippen MR) is 105 cm³/mol. The zero-order valence-electron chi connectivity index (χ0n) is 16.4. The van der Waals surface area contributed by atoms with Crippen LogP contribution in [0.5, 0.6) is 5.75 Å². The van der Waals surface area contributed by atoms with E-state index in [2.05, 4.69) is 53.6 Å². The van der Waals surface area contributed by atoms with Gasteiger partial charge in [0.25, 0.3) is 0 Å². The van der Waals surface area contributed by atoms with Crippen molar-refractivity contribution in [3.05, 3.63) is 29.3 Å². The molecule has 2 N–H and O–H groups in total. The van der Waals surface area contributed by atoms with Crippen LogP contribution in [0.3, 0.4) is 0 Å². The summed E-state index contributed by atoms with van der Waals surface area (Å²) in [5, 5.41) is 6.60. The monoisotopic (exact) mass is 350 g/mol. The van der Waals surface area contributed by atoms with Crippen LogP contribution in [0.25, 0.3) is 0 Å². The van der Waals surface area contributed by atoms with Gasteiger partial charge >= 0.3 is 0 Å². The fourth-order valence-corrected chi connectivity index (χ4v) is 2.53. The van der Waals surface area contributed by atoms with Gasteiger partial charge in [0.05, 0.1) is 6.54 Å². The SMILES string of the molecule is CN=C(NCCOc1c(C)cccc1C)NCCN(C)CCCOC. The van der Waals surface area contributed by atoms with Crippen molar-refractivity contribution in [3.63, 3.8) is 0 Å². The van der Waals surface area contributed by atoms with Gasteiger partial charge in [0.2, 0.25) is 0 Å². The van der Waals surface area contributed by atoms with E-state index in [1.165, 1.54) is 11.1 Å². The quantitative estimate of drug-likeness (QED) is 0.362. The van der Waals surface area contributed by atoms with Crippen molar-refractivity contribution in [2.45, 2.75) is 20.3 Å². The zero-order chi connectivity index (χ0) is 18.5. The Labute approximate surface area is 152 Å². The van der Waals surface area contributed by atoms with Crippen LogP contribution in [-0.4, -0.2) is 71.5 Å². The minimum atomic E-state index is 0.601. The van der Waals surface area contributed by atoms with Gasteiger partial charge in [-0.15, -0.1) is 0 Å². The normalized spacial score (nSPS) is 11.7. The molecule has 6 heteroatoms. The molecule has 0 amide bonds. The molecule has 1 aromatic rings. The van der Waals surface area contributed by atoms with Gasteiger partial charge in [-0.05, 0) is 38.4 Å². The topological polar surface area (TPSA) is 58.1 Å². The minimum absolute atomic E-state index is 0.601. The maximum absolute atomic E-state index is 5.89. The van der Waals surface area contributed by atoms with Gasteiger partial charge in [-0.3, -0.25) is 4.99 Å². The lowest BCUT2D eigenvalue weighted by molar-refractivity contribution is 0.180. The van der Waals surface area contributed by atoms with Gasteiger partial charge < -0.3 is 25.0 Å². The Morgan fingerprint density at radius 3 is 2.40 bits per heavy atom. The molecule has 0 aliphatic rings. The number of ether oxygens (including phenoxy) is 2. The summed E-state index contributed by atoms with van der Waals surface area (Å²) in [6.45, 7) is 9.09. The summed E-state index contributed by atoms with van der Waals surface area (Å²) in [6, 6.07) is 6.19. The first kappa shape index (κ1) is 21.3.